The molecule has 13 heavy (non-hydrogen) atoms. The van der Waals surface area contributed by atoms with Crippen LogP contribution < -0.4 is 0 Å². The minimum atomic E-state index is -5.49. The van der Waals surface area contributed by atoms with Crippen LogP contribution in [0.2, 0.25) is 0 Å². The van der Waals surface area contributed by atoms with E-state index < -0.39 is 15.6 Å². The van der Waals surface area contributed by atoms with Gasteiger partial charge in [-0.25, -0.2) is 0 Å². The van der Waals surface area contributed by atoms with Crippen LogP contribution in [0.5, 0.6) is 0 Å². The minimum Gasteiger partial charge on any atom is -0.381 e. The second-order valence-electron chi connectivity index (χ2n) is 2.21. The van der Waals surface area contributed by atoms with Gasteiger partial charge in [0.15, 0.2) is 0 Å². The van der Waals surface area contributed by atoms with Crippen LogP contribution >= 0.6 is 0 Å². The molecule has 0 rings (SSSR count). The Kier molecular flexibility index (Phi) is 3.77. The number of hydrogen-bond acceptors (Lipinski definition) is 3. The number of halogens is 3. The van der Waals surface area contributed by atoms with Gasteiger partial charge in [0.25, 0.3) is 0 Å². The van der Waals surface area contributed by atoms with Gasteiger partial charge in [0.05, 0.1) is 0 Å². The van der Waals surface area contributed by atoms with Gasteiger partial charge in [-0.2, -0.15) is 21.6 Å². The molecule has 3 nitrogen and oxygen atoms in total. The molecule has 0 radical (unpaired) electrons. The summed E-state index contributed by atoms with van der Waals surface area (Å²) in [5.74, 6) is -0.278. The van der Waals surface area contributed by atoms with Crippen molar-refractivity contribution in [2.45, 2.75) is 25.8 Å². The predicted octanol–water partition coefficient (Wildman–Crippen LogP) is 2.17. The standard InChI is InChI=1S/C6H9F3O3S/c1-3-4-5(2)12-13(10,11)6(7,8)9/h4H,3H2,1-2H3/b5-4-. The summed E-state index contributed by atoms with van der Waals surface area (Å²) in [4.78, 5) is 0. The smallest absolute Gasteiger partial charge is 0.381 e. The summed E-state index contributed by atoms with van der Waals surface area (Å²) < 4.78 is 59.5. The van der Waals surface area contributed by atoms with E-state index in [4.69, 9.17) is 0 Å². The largest absolute Gasteiger partial charge is 0.534 e. The highest BCUT2D eigenvalue weighted by Crippen LogP contribution is 2.26. The zero-order valence-electron chi connectivity index (χ0n) is 7.05. The summed E-state index contributed by atoms with van der Waals surface area (Å²) in [6.45, 7) is 2.79. The number of rotatable bonds is 3. The zero-order chi connectivity index (χ0) is 10.7. The summed E-state index contributed by atoms with van der Waals surface area (Å²) in [6, 6.07) is 0. The van der Waals surface area contributed by atoms with Gasteiger partial charge in [0.1, 0.15) is 5.76 Å². The summed E-state index contributed by atoms with van der Waals surface area (Å²) in [7, 11) is -5.49. The van der Waals surface area contributed by atoms with Gasteiger partial charge >= 0.3 is 15.6 Å². The summed E-state index contributed by atoms with van der Waals surface area (Å²) in [5.41, 5.74) is -5.37. The van der Waals surface area contributed by atoms with E-state index in [0.717, 1.165) is 6.92 Å². The molecule has 0 aromatic rings. The summed E-state index contributed by atoms with van der Waals surface area (Å²) >= 11 is 0. The lowest BCUT2D eigenvalue weighted by Crippen LogP contribution is -2.24. The molecular formula is C6H9F3O3S. The first kappa shape index (κ1) is 12.3. The third-order valence-electron chi connectivity index (χ3n) is 1.02. The monoisotopic (exact) mass is 218 g/mol. The third kappa shape index (κ3) is 3.67. The van der Waals surface area contributed by atoms with Crippen molar-refractivity contribution >= 4 is 10.1 Å². The first-order valence-corrected chi connectivity index (χ1v) is 4.79. The Bertz CT molecular complexity index is 289. The van der Waals surface area contributed by atoms with E-state index in [0.29, 0.717) is 6.42 Å². The average Bonchev–Trinajstić information content (AvgIpc) is 1.83. The highest BCUT2D eigenvalue weighted by Gasteiger charge is 2.48. The Morgan fingerprint density at radius 3 is 2.23 bits per heavy atom. The van der Waals surface area contributed by atoms with E-state index >= 15 is 0 Å². The fourth-order valence-electron chi connectivity index (χ4n) is 0.542. The fourth-order valence-corrected chi connectivity index (χ4v) is 1.05. The van der Waals surface area contributed by atoms with Gasteiger partial charge in [0, 0.05) is 0 Å². The van der Waals surface area contributed by atoms with E-state index in [1.807, 2.05) is 0 Å². The molecule has 78 valence electrons. The number of allylic oxidation sites excluding steroid dienone is 2. The second-order valence-corrected chi connectivity index (χ2v) is 3.74. The molecule has 0 bridgehead atoms. The maximum atomic E-state index is 11.7. The van der Waals surface area contributed by atoms with E-state index in [1.54, 1.807) is 6.92 Å². The van der Waals surface area contributed by atoms with Gasteiger partial charge in [-0.15, -0.1) is 0 Å². The van der Waals surface area contributed by atoms with Crippen LogP contribution in [0.25, 0.3) is 0 Å². The molecule has 0 saturated carbocycles. The van der Waals surface area contributed by atoms with Crippen molar-refractivity contribution in [1.82, 2.24) is 0 Å². The van der Waals surface area contributed by atoms with Crippen LogP contribution in [0.4, 0.5) is 13.2 Å². The van der Waals surface area contributed by atoms with E-state index in [-0.39, 0.29) is 5.76 Å². The SMILES string of the molecule is CC/C=C(/C)OS(=O)(=O)C(F)(F)F. The van der Waals surface area contributed by atoms with Crippen molar-refractivity contribution in [1.29, 1.82) is 0 Å². The Labute approximate surface area is 74.3 Å². The molecule has 0 unspecified atom stereocenters. The van der Waals surface area contributed by atoms with Gasteiger partial charge in [-0.3, -0.25) is 0 Å². The molecule has 7 heteroatoms. The van der Waals surface area contributed by atoms with Crippen LogP contribution in [0, 0.1) is 0 Å². The normalized spacial score (nSPS) is 14.4. The molecule has 0 aliphatic rings. The van der Waals surface area contributed by atoms with Crippen molar-refractivity contribution in [3.05, 3.63) is 11.8 Å². The Hall–Kier alpha value is -0.720. The molecule has 0 fully saturated rings. The van der Waals surface area contributed by atoms with Gasteiger partial charge < -0.3 is 4.18 Å². The molecule has 0 aliphatic carbocycles. The van der Waals surface area contributed by atoms with Crippen LogP contribution in [-0.2, 0) is 14.3 Å². The lowest BCUT2D eigenvalue weighted by Gasteiger charge is -2.08. The third-order valence-corrected chi connectivity index (χ3v) is 2.07. The lowest BCUT2D eigenvalue weighted by atomic mass is 10.4. The quantitative estimate of drug-likeness (QED) is 0.414. The molecule has 0 aliphatic heterocycles. The Morgan fingerprint density at radius 2 is 1.92 bits per heavy atom. The molecule has 0 heterocycles. The van der Waals surface area contributed by atoms with Crippen LogP contribution in [0.1, 0.15) is 20.3 Å². The van der Waals surface area contributed by atoms with Crippen LogP contribution in [-0.4, -0.2) is 13.9 Å². The van der Waals surface area contributed by atoms with Crippen molar-refractivity contribution in [2.24, 2.45) is 0 Å². The Balaban J connectivity index is 4.64. The van der Waals surface area contributed by atoms with E-state index in [9.17, 15) is 21.6 Å². The second kappa shape index (κ2) is 3.99. The Morgan fingerprint density at radius 1 is 1.46 bits per heavy atom. The van der Waals surface area contributed by atoms with E-state index in [2.05, 4.69) is 4.18 Å². The molecular weight excluding hydrogens is 209 g/mol. The zero-order valence-corrected chi connectivity index (χ0v) is 7.87. The first-order valence-electron chi connectivity index (χ1n) is 3.38. The predicted molar refractivity (Wildman–Crippen MR) is 40.1 cm³/mol. The van der Waals surface area contributed by atoms with Crippen LogP contribution in [0.15, 0.2) is 11.8 Å². The van der Waals surface area contributed by atoms with Gasteiger partial charge in [-0.05, 0) is 19.4 Å². The topological polar surface area (TPSA) is 43.4 Å². The molecule has 0 saturated heterocycles. The number of alkyl halides is 3. The minimum absolute atomic E-state index is 0.278. The van der Waals surface area contributed by atoms with Gasteiger partial charge in [-0.1, -0.05) is 6.92 Å². The average molecular weight is 218 g/mol. The van der Waals surface area contributed by atoms with Crippen molar-refractivity contribution in [2.75, 3.05) is 0 Å². The van der Waals surface area contributed by atoms with E-state index in [1.165, 1.54) is 6.08 Å². The van der Waals surface area contributed by atoms with Gasteiger partial charge in [0.2, 0.25) is 0 Å². The molecule has 0 aromatic carbocycles. The van der Waals surface area contributed by atoms with Crippen LogP contribution in [0.3, 0.4) is 0 Å². The highest BCUT2D eigenvalue weighted by atomic mass is 32.2. The van der Waals surface area contributed by atoms with Crippen molar-refractivity contribution in [3.8, 4) is 0 Å². The number of hydrogen-bond donors (Lipinski definition) is 0. The molecule has 0 N–H and O–H groups in total. The fraction of sp³-hybridized carbons (Fsp3) is 0.667. The maximum Gasteiger partial charge on any atom is 0.534 e. The van der Waals surface area contributed by atoms with Crippen molar-refractivity contribution in [3.63, 3.8) is 0 Å². The molecule has 0 amide bonds. The molecule has 0 atom stereocenters. The summed E-state index contributed by atoms with van der Waals surface area (Å²) in [5, 5.41) is 0. The highest BCUT2D eigenvalue weighted by molar-refractivity contribution is 7.87. The maximum absolute atomic E-state index is 11.7. The first-order chi connectivity index (χ1) is 5.70. The molecule has 0 spiro atoms. The van der Waals surface area contributed by atoms with Crippen molar-refractivity contribution < 1.29 is 25.8 Å². The molecule has 0 aromatic heterocycles. The lowest BCUT2D eigenvalue weighted by molar-refractivity contribution is -0.0521. The summed E-state index contributed by atoms with van der Waals surface area (Å²) in [6.07, 6.45) is 1.64.